The molecular weight excluding hydrogens is 269 g/mol. The highest BCUT2D eigenvalue weighted by molar-refractivity contribution is 6.30. The molecule has 0 N–H and O–H groups in total. The number of aliphatic carboxylic acids is 1. The highest BCUT2D eigenvalue weighted by Gasteiger charge is 2.34. The van der Waals surface area contributed by atoms with E-state index in [1.807, 2.05) is 0 Å². The minimum absolute atomic E-state index is 0.102. The van der Waals surface area contributed by atoms with Gasteiger partial charge in [-0.25, -0.2) is 0 Å². The Labute approximate surface area is 106 Å². The third kappa shape index (κ3) is 4.25. The number of rotatable bonds is 3. The highest BCUT2D eigenvalue weighted by Crippen LogP contribution is 2.34. The van der Waals surface area contributed by atoms with Crippen LogP contribution in [0.2, 0.25) is 5.02 Å². The lowest BCUT2D eigenvalue weighted by molar-refractivity contribution is -0.297. The van der Waals surface area contributed by atoms with Gasteiger partial charge < -0.3 is 9.90 Å². The maximum atomic E-state index is 12.7. The summed E-state index contributed by atoms with van der Waals surface area (Å²) < 4.78 is 38.2. The van der Waals surface area contributed by atoms with Crippen LogP contribution in [0.1, 0.15) is 5.56 Å². The van der Waals surface area contributed by atoms with Crippen molar-refractivity contribution >= 4 is 23.1 Å². The van der Waals surface area contributed by atoms with Gasteiger partial charge in [0, 0.05) is 5.02 Å². The molecule has 0 amide bonds. The number of carboxylic acid groups (broad SMARTS) is 1. The summed E-state index contributed by atoms with van der Waals surface area (Å²) in [5.41, 5.74) is -1.06. The van der Waals surface area contributed by atoms with Gasteiger partial charge in [-0.15, -0.1) is 0 Å². The van der Waals surface area contributed by atoms with Gasteiger partial charge in [0.05, 0.1) is 11.5 Å². The topological polar surface area (TPSA) is 40.1 Å². The molecular formula is C12H7ClF3O2-. The Balaban J connectivity index is 3.14. The van der Waals surface area contributed by atoms with Gasteiger partial charge in [-0.05, 0) is 29.8 Å². The molecule has 0 radical (unpaired) electrons. The second kappa shape index (κ2) is 5.73. The maximum Gasteiger partial charge on any atom is 0.416 e. The average molecular weight is 276 g/mol. The van der Waals surface area contributed by atoms with Gasteiger partial charge in [-0.3, -0.25) is 0 Å². The van der Waals surface area contributed by atoms with Crippen molar-refractivity contribution in [1.82, 2.24) is 0 Å². The molecule has 1 aromatic rings. The second-order valence-electron chi connectivity index (χ2n) is 3.26. The molecule has 0 aromatic heterocycles. The summed E-state index contributed by atoms with van der Waals surface area (Å²) in [7, 11) is 0. The summed E-state index contributed by atoms with van der Waals surface area (Å²) in [6.07, 6.45) is -2.64. The van der Waals surface area contributed by atoms with Crippen molar-refractivity contribution in [3.63, 3.8) is 0 Å². The molecule has 2 nitrogen and oxygen atoms in total. The van der Waals surface area contributed by atoms with Crippen LogP contribution in [-0.2, 0) is 4.79 Å². The Morgan fingerprint density at radius 2 is 1.78 bits per heavy atom. The van der Waals surface area contributed by atoms with Gasteiger partial charge in [0.15, 0.2) is 0 Å². The number of allylic oxidation sites excluding steroid dienone is 3. The Bertz CT molecular complexity index is 487. The number of carboxylic acids is 1. The molecule has 1 rings (SSSR count). The normalized spacial score (nSPS) is 13.0. The molecule has 1 aromatic carbocycles. The summed E-state index contributed by atoms with van der Waals surface area (Å²) in [6.45, 7) is 0. The van der Waals surface area contributed by atoms with Crippen LogP contribution in [0.25, 0.3) is 5.57 Å². The van der Waals surface area contributed by atoms with Gasteiger partial charge in [0.2, 0.25) is 0 Å². The lowest BCUT2D eigenvalue weighted by Gasteiger charge is -2.11. The molecule has 6 heteroatoms. The van der Waals surface area contributed by atoms with Crippen LogP contribution in [0.15, 0.2) is 42.5 Å². The SMILES string of the molecule is O=C([O-])/C=C/C=C(/c1ccc(Cl)cc1)C(F)(F)F. The predicted octanol–water partition coefficient (Wildman–Crippen LogP) is 2.59. The van der Waals surface area contributed by atoms with Crippen LogP contribution < -0.4 is 5.11 Å². The van der Waals surface area contributed by atoms with Crippen LogP contribution in [0.5, 0.6) is 0 Å². The minimum Gasteiger partial charge on any atom is -0.545 e. The Kier molecular flexibility index (Phi) is 4.55. The standard InChI is InChI=1S/C12H8ClF3O2/c13-9-6-4-8(5-7-9)10(12(14,15)16)2-1-3-11(17)18/h1-7H,(H,17,18)/p-1/b3-1+,10-2-. The van der Waals surface area contributed by atoms with E-state index in [0.29, 0.717) is 17.2 Å². The first kappa shape index (κ1) is 14.3. The van der Waals surface area contributed by atoms with E-state index in [-0.39, 0.29) is 5.56 Å². The Morgan fingerprint density at radius 3 is 2.22 bits per heavy atom. The van der Waals surface area contributed by atoms with Gasteiger partial charge >= 0.3 is 6.18 Å². The van der Waals surface area contributed by atoms with Crippen molar-refractivity contribution in [3.05, 3.63) is 53.1 Å². The highest BCUT2D eigenvalue weighted by atomic mass is 35.5. The quantitative estimate of drug-likeness (QED) is 0.628. The lowest BCUT2D eigenvalue weighted by atomic mass is 10.1. The molecule has 18 heavy (non-hydrogen) atoms. The first-order valence-corrected chi connectivity index (χ1v) is 5.11. The molecule has 0 aliphatic heterocycles. The van der Waals surface area contributed by atoms with Crippen LogP contribution >= 0.6 is 11.6 Å². The van der Waals surface area contributed by atoms with E-state index in [1.54, 1.807) is 0 Å². The number of alkyl halides is 3. The predicted molar refractivity (Wildman–Crippen MR) is 59.6 cm³/mol. The largest absolute Gasteiger partial charge is 0.545 e. The number of carbonyl (C=O) groups is 1. The van der Waals surface area contributed by atoms with Gasteiger partial charge in [0.1, 0.15) is 0 Å². The van der Waals surface area contributed by atoms with Crippen molar-refractivity contribution < 1.29 is 23.1 Å². The van der Waals surface area contributed by atoms with Crippen molar-refractivity contribution in [2.75, 3.05) is 0 Å². The first-order chi connectivity index (χ1) is 8.30. The fourth-order valence-corrected chi connectivity index (χ4v) is 1.33. The van der Waals surface area contributed by atoms with E-state index < -0.39 is 17.7 Å². The Morgan fingerprint density at radius 1 is 1.22 bits per heavy atom. The molecule has 0 atom stereocenters. The van der Waals surface area contributed by atoms with Crippen molar-refractivity contribution in [1.29, 1.82) is 0 Å². The van der Waals surface area contributed by atoms with Crippen molar-refractivity contribution in [3.8, 4) is 0 Å². The van der Waals surface area contributed by atoms with Crippen LogP contribution in [0.4, 0.5) is 13.2 Å². The zero-order valence-corrected chi connectivity index (χ0v) is 9.63. The van der Waals surface area contributed by atoms with E-state index >= 15 is 0 Å². The monoisotopic (exact) mass is 275 g/mol. The molecule has 0 saturated carbocycles. The molecule has 0 unspecified atom stereocenters. The molecule has 96 valence electrons. The number of carbonyl (C=O) groups excluding carboxylic acids is 1. The maximum absolute atomic E-state index is 12.7. The van der Waals surface area contributed by atoms with E-state index in [2.05, 4.69) is 0 Å². The zero-order chi connectivity index (χ0) is 13.8. The molecule has 0 bridgehead atoms. The number of hydrogen-bond donors (Lipinski definition) is 0. The third-order valence-corrected chi connectivity index (χ3v) is 2.21. The van der Waals surface area contributed by atoms with Crippen molar-refractivity contribution in [2.45, 2.75) is 6.18 Å². The minimum atomic E-state index is -4.59. The zero-order valence-electron chi connectivity index (χ0n) is 8.87. The third-order valence-electron chi connectivity index (χ3n) is 1.96. The smallest absolute Gasteiger partial charge is 0.416 e. The molecule has 0 aliphatic carbocycles. The van der Waals surface area contributed by atoms with Gasteiger partial charge in [0.25, 0.3) is 0 Å². The molecule has 0 spiro atoms. The summed E-state index contributed by atoms with van der Waals surface area (Å²) in [5, 5.41) is 10.4. The van der Waals surface area contributed by atoms with E-state index in [1.165, 1.54) is 24.3 Å². The second-order valence-corrected chi connectivity index (χ2v) is 3.70. The number of benzene rings is 1. The molecule has 0 saturated heterocycles. The first-order valence-electron chi connectivity index (χ1n) is 4.73. The summed E-state index contributed by atoms with van der Waals surface area (Å²) in [6, 6.07) is 5.04. The number of hydrogen-bond acceptors (Lipinski definition) is 2. The van der Waals surface area contributed by atoms with Gasteiger partial charge in [-0.1, -0.05) is 29.8 Å². The molecule has 0 heterocycles. The van der Waals surface area contributed by atoms with Crippen LogP contribution in [0, 0.1) is 0 Å². The van der Waals surface area contributed by atoms with E-state index in [9.17, 15) is 23.1 Å². The molecule has 0 fully saturated rings. The fourth-order valence-electron chi connectivity index (χ4n) is 1.21. The average Bonchev–Trinajstić information content (AvgIpc) is 2.24. The van der Waals surface area contributed by atoms with Crippen LogP contribution in [0.3, 0.4) is 0 Å². The van der Waals surface area contributed by atoms with Crippen molar-refractivity contribution in [2.24, 2.45) is 0 Å². The molecule has 0 aliphatic rings. The summed E-state index contributed by atoms with van der Waals surface area (Å²) >= 11 is 5.58. The van der Waals surface area contributed by atoms with E-state index in [0.717, 1.165) is 6.08 Å². The Hall–Kier alpha value is -1.75. The van der Waals surface area contributed by atoms with Crippen LogP contribution in [-0.4, -0.2) is 12.1 Å². The lowest BCUT2D eigenvalue weighted by Crippen LogP contribution is -2.18. The van der Waals surface area contributed by atoms with Gasteiger partial charge in [-0.2, -0.15) is 13.2 Å². The van der Waals surface area contributed by atoms with E-state index in [4.69, 9.17) is 11.6 Å². The summed E-state index contributed by atoms with van der Waals surface area (Å²) in [5.74, 6) is -1.57. The fraction of sp³-hybridized carbons (Fsp3) is 0.0833. The summed E-state index contributed by atoms with van der Waals surface area (Å²) in [4.78, 5) is 10.1. The number of halogens is 4.